The van der Waals surface area contributed by atoms with Gasteiger partial charge in [0.05, 0.1) is 38.5 Å². The van der Waals surface area contributed by atoms with E-state index in [-0.39, 0.29) is 24.3 Å². The van der Waals surface area contributed by atoms with Crippen LogP contribution in [0.1, 0.15) is 24.4 Å². The third kappa shape index (κ3) is 3.93. The molecule has 1 spiro atoms. The molecule has 1 atom stereocenters. The zero-order valence-electron chi connectivity index (χ0n) is 19.9. The number of aromatic nitrogens is 2. The Balaban J connectivity index is 1.46. The zero-order valence-corrected chi connectivity index (χ0v) is 19.9. The average molecular weight is 481 g/mol. The van der Waals surface area contributed by atoms with Gasteiger partial charge in [-0.25, -0.2) is 0 Å². The first-order chi connectivity index (χ1) is 17.0. The predicted molar refractivity (Wildman–Crippen MR) is 129 cm³/mol. The molecule has 0 radical (unpaired) electrons. The van der Waals surface area contributed by atoms with Gasteiger partial charge in [-0.05, 0) is 18.4 Å². The van der Waals surface area contributed by atoms with Crippen molar-refractivity contribution in [2.24, 2.45) is 0 Å². The molecule has 1 amide bonds. The number of carbonyl (C=O) groups is 1. The lowest BCUT2D eigenvalue weighted by molar-refractivity contribution is -0.156. The van der Waals surface area contributed by atoms with Gasteiger partial charge in [0, 0.05) is 19.2 Å². The van der Waals surface area contributed by atoms with Crippen LogP contribution in [-0.2, 0) is 9.53 Å². The van der Waals surface area contributed by atoms with Crippen LogP contribution in [0.5, 0.6) is 17.2 Å². The lowest BCUT2D eigenvalue weighted by Gasteiger charge is -2.48. The van der Waals surface area contributed by atoms with Gasteiger partial charge in [-0.15, -0.1) is 0 Å². The topological polar surface area (TPSA) is 115 Å². The minimum atomic E-state index is -0.525. The van der Waals surface area contributed by atoms with Crippen LogP contribution in [0.25, 0.3) is 10.9 Å². The Kier molecular flexibility index (Phi) is 5.98. The summed E-state index contributed by atoms with van der Waals surface area (Å²) < 4.78 is 22.5. The highest BCUT2D eigenvalue weighted by molar-refractivity contribution is 5.90. The van der Waals surface area contributed by atoms with E-state index >= 15 is 0 Å². The minimum absolute atomic E-state index is 0.0375. The van der Waals surface area contributed by atoms with Crippen LogP contribution in [0.4, 0.5) is 5.95 Å². The maximum absolute atomic E-state index is 13.1. The summed E-state index contributed by atoms with van der Waals surface area (Å²) in [5.41, 5.74) is 0.607. The first kappa shape index (κ1) is 23.0. The molecule has 0 saturated carbocycles. The summed E-state index contributed by atoms with van der Waals surface area (Å²) >= 11 is 0. The fraction of sp³-hybridized carbons (Fsp3) is 0.400. The molecule has 1 aromatic heterocycles. The molecule has 10 heteroatoms. The van der Waals surface area contributed by atoms with E-state index in [0.717, 1.165) is 5.56 Å². The van der Waals surface area contributed by atoms with Gasteiger partial charge in [0.25, 0.3) is 5.56 Å². The van der Waals surface area contributed by atoms with Gasteiger partial charge in [0.1, 0.15) is 12.0 Å². The third-order valence-corrected chi connectivity index (χ3v) is 6.86. The van der Waals surface area contributed by atoms with Crippen LogP contribution in [0.2, 0.25) is 0 Å². The smallest absolute Gasteiger partial charge is 0.286 e. The van der Waals surface area contributed by atoms with Crippen molar-refractivity contribution in [3.05, 3.63) is 52.3 Å². The standard InChI is InChI=1S/C25H28N4O6/c1-32-17-13-16-19(21(34-3)20(17)33-2)23(31)28-24(26-16)29-11-9-25(10-12-29)22(27-18(30)14-35-25)15-7-5-4-6-8-15/h4-8,13,22H,9-12,14H2,1-3H3,(H,27,30)(H,26,28,31). The lowest BCUT2D eigenvalue weighted by Crippen LogP contribution is -2.59. The number of aromatic amines is 1. The minimum Gasteiger partial charge on any atom is -0.493 e. The number of hydrogen-bond acceptors (Lipinski definition) is 8. The number of hydrogen-bond donors (Lipinski definition) is 2. The first-order valence-electron chi connectivity index (χ1n) is 11.5. The highest BCUT2D eigenvalue weighted by Crippen LogP contribution is 2.43. The summed E-state index contributed by atoms with van der Waals surface area (Å²) in [6.07, 6.45) is 1.31. The molecule has 3 aromatic rings. The first-order valence-corrected chi connectivity index (χ1v) is 11.5. The van der Waals surface area contributed by atoms with Crippen molar-refractivity contribution in [1.29, 1.82) is 0 Å². The number of ether oxygens (including phenoxy) is 4. The number of anilines is 1. The number of nitrogens with zero attached hydrogens (tertiary/aromatic N) is 2. The highest BCUT2D eigenvalue weighted by Gasteiger charge is 2.47. The van der Waals surface area contributed by atoms with E-state index in [1.807, 2.05) is 35.2 Å². The van der Waals surface area contributed by atoms with Gasteiger partial charge in [-0.1, -0.05) is 30.3 Å². The Labute approximate surface area is 202 Å². The zero-order chi connectivity index (χ0) is 24.6. The largest absolute Gasteiger partial charge is 0.493 e. The van der Waals surface area contributed by atoms with Crippen LogP contribution in [-0.4, -0.2) is 62.5 Å². The Morgan fingerprint density at radius 2 is 1.74 bits per heavy atom. The quantitative estimate of drug-likeness (QED) is 0.571. The monoisotopic (exact) mass is 480 g/mol. The Hall–Kier alpha value is -3.79. The number of rotatable bonds is 5. The molecule has 5 rings (SSSR count). The molecule has 35 heavy (non-hydrogen) atoms. The number of morpholine rings is 1. The molecule has 3 heterocycles. The van der Waals surface area contributed by atoms with Crippen LogP contribution >= 0.6 is 0 Å². The molecule has 2 aliphatic heterocycles. The third-order valence-electron chi connectivity index (χ3n) is 6.86. The van der Waals surface area contributed by atoms with Crippen molar-refractivity contribution >= 4 is 22.8 Å². The van der Waals surface area contributed by atoms with Crippen molar-refractivity contribution in [1.82, 2.24) is 15.3 Å². The van der Waals surface area contributed by atoms with E-state index in [9.17, 15) is 9.59 Å². The van der Waals surface area contributed by atoms with E-state index in [1.54, 1.807) is 6.07 Å². The second-order valence-corrected chi connectivity index (χ2v) is 8.69. The van der Waals surface area contributed by atoms with Crippen molar-refractivity contribution in [3.63, 3.8) is 0 Å². The molecule has 1 unspecified atom stereocenters. The SMILES string of the molecule is COc1cc2[nH]c(N3CCC4(CC3)OCC(=O)NC4c3ccccc3)nc(=O)c2c(OC)c1OC. The van der Waals surface area contributed by atoms with Gasteiger partial charge in [-0.2, -0.15) is 4.98 Å². The molecule has 2 fully saturated rings. The molecule has 0 aliphatic carbocycles. The van der Waals surface area contributed by atoms with Crippen LogP contribution < -0.4 is 30.0 Å². The summed E-state index contributed by atoms with van der Waals surface area (Å²) in [5.74, 6) is 1.40. The number of nitrogens with one attached hydrogen (secondary N) is 2. The fourth-order valence-corrected chi connectivity index (χ4v) is 5.11. The van der Waals surface area contributed by atoms with Crippen molar-refractivity contribution in [3.8, 4) is 17.2 Å². The van der Waals surface area contributed by atoms with Crippen LogP contribution in [0.15, 0.2) is 41.2 Å². The second kappa shape index (κ2) is 9.10. The van der Waals surface area contributed by atoms with E-state index in [4.69, 9.17) is 18.9 Å². The van der Waals surface area contributed by atoms with Gasteiger partial charge < -0.3 is 34.1 Å². The Morgan fingerprint density at radius 1 is 1.03 bits per heavy atom. The van der Waals surface area contributed by atoms with Crippen LogP contribution in [0, 0.1) is 0 Å². The fourth-order valence-electron chi connectivity index (χ4n) is 5.11. The van der Waals surface area contributed by atoms with Crippen molar-refractivity contribution < 1.29 is 23.7 Å². The van der Waals surface area contributed by atoms with Gasteiger partial charge in [0.15, 0.2) is 11.5 Å². The number of fused-ring (bicyclic) bond motifs is 1. The van der Waals surface area contributed by atoms with Crippen LogP contribution in [0.3, 0.4) is 0 Å². The molecule has 2 aliphatic rings. The molecule has 2 N–H and O–H groups in total. The summed E-state index contributed by atoms with van der Waals surface area (Å²) in [6.45, 7) is 1.23. The predicted octanol–water partition coefficient (Wildman–Crippen LogP) is 2.18. The molecule has 0 bridgehead atoms. The maximum Gasteiger partial charge on any atom is 0.286 e. The number of methoxy groups -OCH3 is 3. The normalized spacial score (nSPS) is 19.5. The highest BCUT2D eigenvalue weighted by atomic mass is 16.5. The summed E-state index contributed by atoms with van der Waals surface area (Å²) in [5, 5.41) is 3.42. The van der Waals surface area contributed by atoms with Gasteiger partial charge >= 0.3 is 0 Å². The molecular formula is C25H28N4O6. The summed E-state index contributed by atoms with van der Waals surface area (Å²) in [4.78, 5) is 34.8. The second-order valence-electron chi connectivity index (χ2n) is 8.69. The number of carbonyl (C=O) groups excluding carboxylic acids is 1. The Bertz CT molecular complexity index is 1300. The summed E-state index contributed by atoms with van der Waals surface area (Å²) in [7, 11) is 4.49. The molecule has 2 aromatic carbocycles. The van der Waals surface area contributed by atoms with E-state index in [0.29, 0.717) is 54.3 Å². The van der Waals surface area contributed by atoms with Gasteiger partial charge in [-0.3, -0.25) is 9.59 Å². The maximum atomic E-state index is 13.1. The van der Waals surface area contributed by atoms with Crippen molar-refractivity contribution in [2.75, 3.05) is 45.9 Å². The van der Waals surface area contributed by atoms with Gasteiger partial charge in [0.2, 0.25) is 17.6 Å². The lowest BCUT2D eigenvalue weighted by atomic mass is 9.79. The summed E-state index contributed by atoms with van der Waals surface area (Å²) in [6, 6.07) is 11.3. The molecule has 2 saturated heterocycles. The molecular weight excluding hydrogens is 452 g/mol. The number of benzene rings is 2. The molecule has 10 nitrogen and oxygen atoms in total. The van der Waals surface area contributed by atoms with E-state index in [2.05, 4.69) is 15.3 Å². The molecule has 184 valence electrons. The van der Waals surface area contributed by atoms with E-state index in [1.165, 1.54) is 21.3 Å². The van der Waals surface area contributed by atoms with E-state index < -0.39 is 11.2 Å². The number of amides is 1. The number of H-pyrrole nitrogens is 1. The van der Waals surface area contributed by atoms with Crippen molar-refractivity contribution in [2.45, 2.75) is 24.5 Å². The average Bonchev–Trinajstić information content (AvgIpc) is 2.89. The number of piperidine rings is 1. The Morgan fingerprint density at radius 3 is 2.40 bits per heavy atom.